The zero-order chi connectivity index (χ0) is 24.4. The molecule has 1 aliphatic rings. The molecule has 2 heterocycles. The Labute approximate surface area is 183 Å². The number of aromatic nitrogens is 2. The molecule has 0 radical (unpaired) electrons. The third kappa shape index (κ3) is 5.94. The number of ether oxygens (including phenoxy) is 1. The van der Waals surface area contributed by atoms with Gasteiger partial charge in [0.25, 0.3) is 5.91 Å². The SMILES string of the molecule is NCCNC(=O)c1cc2n(n1)CCN(C(=O)OCc1cc(C(F)(F)F)cc(C(F)(F)F)c1)C2. The maximum absolute atomic E-state index is 13.0. The molecule has 2 amide bonds. The lowest BCUT2D eigenvalue weighted by molar-refractivity contribution is -0.143. The van der Waals surface area contributed by atoms with Gasteiger partial charge in [0.15, 0.2) is 5.69 Å². The van der Waals surface area contributed by atoms with E-state index in [2.05, 4.69) is 10.4 Å². The molecule has 0 fully saturated rings. The van der Waals surface area contributed by atoms with E-state index < -0.39 is 47.7 Å². The van der Waals surface area contributed by atoms with Crippen molar-refractivity contribution in [1.82, 2.24) is 20.0 Å². The van der Waals surface area contributed by atoms with Crippen LogP contribution in [-0.2, 0) is 36.8 Å². The van der Waals surface area contributed by atoms with Crippen molar-refractivity contribution in [3.63, 3.8) is 0 Å². The van der Waals surface area contributed by atoms with Crippen LogP contribution in [0.15, 0.2) is 24.3 Å². The summed E-state index contributed by atoms with van der Waals surface area (Å²) in [6.45, 7) is 0.0468. The van der Waals surface area contributed by atoms with E-state index in [9.17, 15) is 35.9 Å². The number of amides is 2. The number of nitrogens with one attached hydrogen (secondary N) is 1. The van der Waals surface area contributed by atoms with Gasteiger partial charge < -0.3 is 20.7 Å². The quantitative estimate of drug-likeness (QED) is 0.643. The second-order valence-electron chi connectivity index (χ2n) is 7.18. The Bertz CT molecular complexity index is 1000. The Hall–Kier alpha value is -3.29. The van der Waals surface area contributed by atoms with Crippen LogP contribution in [0.5, 0.6) is 0 Å². The molecule has 1 aromatic carbocycles. The molecule has 180 valence electrons. The van der Waals surface area contributed by atoms with Crippen LogP contribution in [0.25, 0.3) is 0 Å². The normalized spacial score (nSPS) is 14.1. The highest BCUT2D eigenvalue weighted by molar-refractivity contribution is 5.92. The smallest absolute Gasteiger partial charge is 0.416 e. The van der Waals surface area contributed by atoms with Crippen molar-refractivity contribution in [3.8, 4) is 0 Å². The van der Waals surface area contributed by atoms with E-state index in [1.54, 1.807) is 0 Å². The number of benzene rings is 1. The highest BCUT2D eigenvalue weighted by Crippen LogP contribution is 2.36. The van der Waals surface area contributed by atoms with Crippen LogP contribution in [0.3, 0.4) is 0 Å². The molecule has 0 atom stereocenters. The largest absolute Gasteiger partial charge is 0.445 e. The minimum absolute atomic E-state index is 0.00161. The molecule has 8 nitrogen and oxygen atoms in total. The van der Waals surface area contributed by atoms with Crippen molar-refractivity contribution in [2.45, 2.75) is 32.0 Å². The maximum Gasteiger partial charge on any atom is 0.416 e. The number of fused-ring (bicyclic) bond motifs is 1. The highest BCUT2D eigenvalue weighted by atomic mass is 19.4. The Morgan fingerprint density at radius 2 is 1.67 bits per heavy atom. The first kappa shape index (κ1) is 24.4. The third-order valence-corrected chi connectivity index (χ3v) is 4.73. The Balaban J connectivity index is 1.67. The van der Waals surface area contributed by atoms with Gasteiger partial charge in [-0.2, -0.15) is 31.4 Å². The number of rotatable bonds is 5. The molecule has 0 saturated carbocycles. The molecule has 3 rings (SSSR count). The van der Waals surface area contributed by atoms with E-state index in [-0.39, 0.29) is 44.5 Å². The first-order chi connectivity index (χ1) is 15.4. The fraction of sp³-hybridized carbons (Fsp3) is 0.421. The summed E-state index contributed by atoms with van der Waals surface area (Å²) in [6.07, 6.45) is -10.9. The fourth-order valence-corrected chi connectivity index (χ4v) is 3.15. The van der Waals surface area contributed by atoms with Gasteiger partial charge in [0.1, 0.15) is 6.61 Å². The maximum atomic E-state index is 13.0. The molecule has 0 unspecified atom stereocenters. The van der Waals surface area contributed by atoms with Crippen molar-refractivity contribution in [2.24, 2.45) is 5.73 Å². The van der Waals surface area contributed by atoms with Crippen LogP contribution in [0.2, 0.25) is 0 Å². The average Bonchev–Trinajstić information content (AvgIpc) is 3.18. The van der Waals surface area contributed by atoms with Gasteiger partial charge in [-0.15, -0.1) is 0 Å². The molecule has 3 N–H and O–H groups in total. The molecule has 1 aromatic heterocycles. The fourth-order valence-electron chi connectivity index (χ4n) is 3.15. The lowest BCUT2D eigenvalue weighted by atomic mass is 10.1. The number of nitrogens with zero attached hydrogens (tertiary/aromatic N) is 3. The van der Waals surface area contributed by atoms with E-state index >= 15 is 0 Å². The zero-order valence-corrected chi connectivity index (χ0v) is 17.0. The summed E-state index contributed by atoms with van der Waals surface area (Å²) in [5.74, 6) is -0.443. The zero-order valence-electron chi connectivity index (χ0n) is 17.0. The van der Waals surface area contributed by atoms with Crippen molar-refractivity contribution in [3.05, 3.63) is 52.3 Å². The predicted octanol–water partition coefficient (Wildman–Crippen LogP) is 2.76. The molecule has 2 aromatic rings. The number of hydrogen-bond acceptors (Lipinski definition) is 5. The van der Waals surface area contributed by atoms with E-state index in [1.807, 2.05) is 0 Å². The molecular formula is C19H19F6N5O3. The van der Waals surface area contributed by atoms with E-state index in [0.717, 1.165) is 0 Å². The average molecular weight is 479 g/mol. The van der Waals surface area contributed by atoms with Crippen molar-refractivity contribution in [2.75, 3.05) is 19.6 Å². The van der Waals surface area contributed by atoms with Crippen molar-refractivity contribution >= 4 is 12.0 Å². The first-order valence-corrected chi connectivity index (χ1v) is 9.63. The summed E-state index contributed by atoms with van der Waals surface area (Å²) in [6, 6.07) is 2.46. The molecule has 0 aliphatic carbocycles. The van der Waals surface area contributed by atoms with Gasteiger partial charge in [-0.3, -0.25) is 9.48 Å². The van der Waals surface area contributed by atoms with E-state index in [1.165, 1.54) is 15.6 Å². The number of nitrogens with two attached hydrogens (primary N) is 1. The summed E-state index contributed by atoms with van der Waals surface area (Å²) < 4.78 is 84.3. The Morgan fingerprint density at radius 3 is 2.24 bits per heavy atom. The van der Waals surface area contributed by atoms with Crippen LogP contribution in [0.1, 0.15) is 32.9 Å². The second-order valence-corrected chi connectivity index (χ2v) is 7.18. The number of halogens is 6. The van der Waals surface area contributed by atoms with E-state index in [0.29, 0.717) is 17.8 Å². The monoisotopic (exact) mass is 479 g/mol. The van der Waals surface area contributed by atoms with E-state index in [4.69, 9.17) is 10.5 Å². The lowest BCUT2D eigenvalue weighted by Crippen LogP contribution is -2.38. The van der Waals surface area contributed by atoms with Gasteiger partial charge in [0, 0.05) is 19.6 Å². The van der Waals surface area contributed by atoms with Gasteiger partial charge in [-0.1, -0.05) is 0 Å². The topological polar surface area (TPSA) is 102 Å². The van der Waals surface area contributed by atoms with Crippen LogP contribution < -0.4 is 11.1 Å². The number of alkyl halides is 6. The first-order valence-electron chi connectivity index (χ1n) is 9.63. The number of carbonyl (C=O) groups excluding carboxylic acids is 2. The van der Waals surface area contributed by atoms with Gasteiger partial charge in [-0.25, -0.2) is 4.79 Å². The van der Waals surface area contributed by atoms with Crippen molar-refractivity contribution < 1.29 is 40.7 Å². The third-order valence-electron chi connectivity index (χ3n) is 4.73. The van der Waals surface area contributed by atoms with Crippen LogP contribution >= 0.6 is 0 Å². The lowest BCUT2D eigenvalue weighted by Gasteiger charge is -2.27. The molecule has 33 heavy (non-hydrogen) atoms. The van der Waals surface area contributed by atoms with Gasteiger partial charge >= 0.3 is 18.4 Å². The summed E-state index contributed by atoms with van der Waals surface area (Å²) in [4.78, 5) is 25.6. The predicted molar refractivity (Wildman–Crippen MR) is 101 cm³/mol. The second kappa shape index (κ2) is 9.29. The Kier molecular flexibility index (Phi) is 6.86. The van der Waals surface area contributed by atoms with Crippen LogP contribution in [-0.4, -0.2) is 46.3 Å². The van der Waals surface area contributed by atoms with Gasteiger partial charge in [-0.05, 0) is 29.8 Å². The van der Waals surface area contributed by atoms with Gasteiger partial charge in [0.05, 0.1) is 29.9 Å². The molecular weight excluding hydrogens is 460 g/mol. The summed E-state index contributed by atoms with van der Waals surface area (Å²) in [5, 5.41) is 6.68. The Morgan fingerprint density at radius 1 is 1.03 bits per heavy atom. The van der Waals surface area contributed by atoms with Crippen LogP contribution in [0, 0.1) is 0 Å². The standard InChI is InChI=1S/C19H19F6N5O3/c20-18(21,22)12-5-11(6-13(7-12)19(23,24)25)10-33-17(32)29-3-4-30-14(9-29)8-15(28-30)16(31)27-2-1-26/h5-8H,1-4,9-10,26H2,(H,27,31). The molecule has 1 aliphatic heterocycles. The summed E-state index contributed by atoms with van der Waals surface area (Å²) in [5.41, 5.74) is 2.51. The number of hydrogen-bond donors (Lipinski definition) is 2. The molecule has 0 saturated heterocycles. The van der Waals surface area contributed by atoms with Crippen LogP contribution in [0.4, 0.5) is 31.1 Å². The molecule has 0 bridgehead atoms. The summed E-state index contributed by atoms with van der Waals surface area (Å²) in [7, 11) is 0. The molecule has 14 heteroatoms. The minimum atomic E-state index is -5.00. The molecule has 0 spiro atoms. The van der Waals surface area contributed by atoms with Gasteiger partial charge in [0.2, 0.25) is 0 Å². The number of carbonyl (C=O) groups is 2. The van der Waals surface area contributed by atoms with Crippen molar-refractivity contribution in [1.29, 1.82) is 0 Å². The minimum Gasteiger partial charge on any atom is -0.445 e. The summed E-state index contributed by atoms with van der Waals surface area (Å²) >= 11 is 0. The highest BCUT2D eigenvalue weighted by Gasteiger charge is 2.37.